The Hall–Kier alpha value is -0.900. The third-order valence-corrected chi connectivity index (χ3v) is 4.57. The molecule has 0 saturated carbocycles. The predicted molar refractivity (Wildman–Crippen MR) is 71.7 cm³/mol. The smallest absolute Gasteiger partial charge is 0.337 e. The SMILES string of the molecule is O=C(O)c1cc(Cl)cc(S(=O)(=O)NC(CO)CO)c1Cl. The first-order chi connectivity index (χ1) is 9.22. The average Bonchev–Trinajstić information content (AvgIpc) is 2.37. The van der Waals surface area contributed by atoms with E-state index in [1.807, 2.05) is 4.72 Å². The molecule has 0 aromatic heterocycles. The molecule has 1 rings (SSSR count). The summed E-state index contributed by atoms with van der Waals surface area (Å²) in [5, 5.41) is 26.0. The number of benzene rings is 1. The average molecular weight is 344 g/mol. The van der Waals surface area contributed by atoms with Crippen LogP contribution in [0.2, 0.25) is 10.0 Å². The minimum absolute atomic E-state index is 0.128. The number of hydrogen-bond acceptors (Lipinski definition) is 5. The normalized spacial score (nSPS) is 11.8. The molecule has 4 N–H and O–H groups in total. The monoisotopic (exact) mass is 343 g/mol. The van der Waals surface area contributed by atoms with Crippen molar-refractivity contribution < 1.29 is 28.5 Å². The van der Waals surface area contributed by atoms with E-state index in [9.17, 15) is 13.2 Å². The molecule has 1 aromatic carbocycles. The molecular formula is C10H11Cl2NO6S. The van der Waals surface area contributed by atoms with Gasteiger partial charge in [-0.25, -0.2) is 17.9 Å². The maximum Gasteiger partial charge on any atom is 0.337 e. The van der Waals surface area contributed by atoms with Crippen LogP contribution in [0.25, 0.3) is 0 Å². The summed E-state index contributed by atoms with van der Waals surface area (Å²) in [6.07, 6.45) is 0. The number of carboxylic acids is 1. The second kappa shape index (κ2) is 6.70. The zero-order valence-electron chi connectivity index (χ0n) is 9.88. The van der Waals surface area contributed by atoms with Crippen molar-refractivity contribution in [3.05, 3.63) is 27.7 Å². The van der Waals surface area contributed by atoms with Crippen molar-refractivity contribution in [1.29, 1.82) is 0 Å². The van der Waals surface area contributed by atoms with Gasteiger partial charge in [0, 0.05) is 5.02 Å². The molecule has 10 heteroatoms. The van der Waals surface area contributed by atoms with Crippen LogP contribution in [-0.2, 0) is 10.0 Å². The summed E-state index contributed by atoms with van der Waals surface area (Å²) in [6.45, 7) is -1.28. The Morgan fingerprint density at radius 1 is 1.25 bits per heavy atom. The predicted octanol–water partition coefficient (Wildman–Crippen LogP) is 0.323. The molecule has 7 nitrogen and oxygen atoms in total. The lowest BCUT2D eigenvalue weighted by Crippen LogP contribution is -2.40. The maximum atomic E-state index is 12.0. The molecule has 0 aliphatic heterocycles. The van der Waals surface area contributed by atoms with E-state index in [0.717, 1.165) is 12.1 Å². The van der Waals surface area contributed by atoms with Gasteiger partial charge in [-0.15, -0.1) is 0 Å². The number of rotatable bonds is 6. The number of hydrogen-bond donors (Lipinski definition) is 4. The standard InChI is InChI=1S/C10H11Cl2NO6S/c11-5-1-7(10(16)17)9(12)8(2-5)20(18,19)13-6(3-14)4-15/h1-2,6,13-15H,3-4H2,(H,16,17). The largest absolute Gasteiger partial charge is 0.478 e. The van der Waals surface area contributed by atoms with Crippen LogP contribution < -0.4 is 4.72 Å². The first-order valence-corrected chi connectivity index (χ1v) is 7.43. The molecule has 0 aliphatic rings. The molecule has 20 heavy (non-hydrogen) atoms. The van der Waals surface area contributed by atoms with Crippen LogP contribution in [0.1, 0.15) is 10.4 Å². The molecule has 0 amide bonds. The quantitative estimate of drug-likeness (QED) is 0.589. The van der Waals surface area contributed by atoms with Crippen molar-refractivity contribution in [3.63, 3.8) is 0 Å². The zero-order valence-corrected chi connectivity index (χ0v) is 12.2. The van der Waals surface area contributed by atoms with Gasteiger partial charge >= 0.3 is 5.97 Å². The summed E-state index contributed by atoms with van der Waals surface area (Å²) < 4.78 is 26.1. The van der Waals surface area contributed by atoms with Gasteiger partial charge in [-0.2, -0.15) is 0 Å². The summed E-state index contributed by atoms with van der Waals surface area (Å²) in [7, 11) is -4.24. The fourth-order valence-electron chi connectivity index (χ4n) is 1.33. The topological polar surface area (TPSA) is 124 Å². The highest BCUT2D eigenvalue weighted by Gasteiger charge is 2.25. The lowest BCUT2D eigenvalue weighted by atomic mass is 10.2. The molecule has 112 valence electrons. The van der Waals surface area contributed by atoms with Crippen molar-refractivity contribution in [1.82, 2.24) is 4.72 Å². The lowest BCUT2D eigenvalue weighted by molar-refractivity contribution is 0.0697. The molecule has 0 aliphatic carbocycles. The molecule has 0 saturated heterocycles. The number of halogens is 2. The van der Waals surface area contributed by atoms with E-state index >= 15 is 0 Å². The minimum atomic E-state index is -4.24. The van der Waals surface area contributed by atoms with Crippen LogP contribution in [0.5, 0.6) is 0 Å². The Kier molecular flexibility index (Phi) is 5.75. The Morgan fingerprint density at radius 2 is 1.80 bits per heavy atom. The Bertz CT molecular complexity index is 614. The molecule has 0 fully saturated rings. The number of sulfonamides is 1. The third-order valence-electron chi connectivity index (χ3n) is 2.29. The first kappa shape index (κ1) is 17.2. The summed E-state index contributed by atoms with van der Waals surface area (Å²) in [5.41, 5.74) is -0.468. The number of aliphatic hydroxyl groups is 2. The molecule has 0 unspecified atom stereocenters. The van der Waals surface area contributed by atoms with E-state index in [1.165, 1.54) is 0 Å². The van der Waals surface area contributed by atoms with Crippen molar-refractivity contribution >= 4 is 39.2 Å². The molecule has 0 atom stereocenters. The molecular weight excluding hydrogens is 333 g/mol. The van der Waals surface area contributed by atoms with E-state index in [2.05, 4.69) is 0 Å². The highest BCUT2D eigenvalue weighted by Crippen LogP contribution is 2.29. The van der Waals surface area contributed by atoms with Gasteiger partial charge in [0.15, 0.2) is 0 Å². The van der Waals surface area contributed by atoms with Gasteiger partial charge in [-0.3, -0.25) is 0 Å². The maximum absolute atomic E-state index is 12.0. The van der Waals surface area contributed by atoms with Crippen LogP contribution in [-0.4, -0.2) is 49.0 Å². The van der Waals surface area contributed by atoms with E-state index in [4.69, 9.17) is 38.5 Å². The zero-order chi connectivity index (χ0) is 15.5. The second-order valence-electron chi connectivity index (χ2n) is 3.75. The lowest BCUT2D eigenvalue weighted by Gasteiger charge is -2.15. The van der Waals surface area contributed by atoms with E-state index in [-0.39, 0.29) is 5.02 Å². The van der Waals surface area contributed by atoms with Crippen LogP contribution in [0.15, 0.2) is 17.0 Å². The number of carboxylic acid groups (broad SMARTS) is 1. The fourth-order valence-corrected chi connectivity index (χ4v) is 3.45. The first-order valence-electron chi connectivity index (χ1n) is 5.19. The second-order valence-corrected chi connectivity index (χ2v) is 6.25. The summed E-state index contributed by atoms with van der Waals surface area (Å²) in [5.74, 6) is -1.44. The van der Waals surface area contributed by atoms with Gasteiger partial charge in [-0.05, 0) is 12.1 Å². The van der Waals surface area contributed by atoms with Crippen molar-refractivity contribution in [2.24, 2.45) is 0 Å². The van der Waals surface area contributed by atoms with E-state index < -0.39 is 50.7 Å². The third kappa shape index (κ3) is 3.81. The van der Waals surface area contributed by atoms with Gasteiger partial charge in [0.1, 0.15) is 4.90 Å². The number of aromatic carboxylic acids is 1. The fraction of sp³-hybridized carbons (Fsp3) is 0.300. The molecule has 0 heterocycles. The highest BCUT2D eigenvalue weighted by atomic mass is 35.5. The summed E-state index contributed by atoms with van der Waals surface area (Å²) in [6, 6.07) is 0.856. The minimum Gasteiger partial charge on any atom is -0.478 e. The molecule has 0 spiro atoms. The van der Waals surface area contributed by atoms with Crippen molar-refractivity contribution in [2.45, 2.75) is 10.9 Å². The van der Waals surface area contributed by atoms with Gasteiger partial charge in [-0.1, -0.05) is 23.2 Å². The number of nitrogens with one attached hydrogen (secondary N) is 1. The van der Waals surface area contributed by atoms with Crippen molar-refractivity contribution in [3.8, 4) is 0 Å². The van der Waals surface area contributed by atoms with Crippen LogP contribution in [0.4, 0.5) is 0 Å². The summed E-state index contributed by atoms with van der Waals surface area (Å²) >= 11 is 11.4. The van der Waals surface area contributed by atoms with Gasteiger partial charge < -0.3 is 15.3 Å². The van der Waals surface area contributed by atoms with Crippen molar-refractivity contribution in [2.75, 3.05) is 13.2 Å². The number of aliphatic hydroxyl groups excluding tert-OH is 2. The van der Waals surface area contributed by atoms with E-state index in [0.29, 0.717) is 0 Å². The Balaban J connectivity index is 3.35. The molecule has 1 aromatic rings. The summed E-state index contributed by atoms with van der Waals surface area (Å²) in [4.78, 5) is 10.4. The van der Waals surface area contributed by atoms with Crippen LogP contribution in [0.3, 0.4) is 0 Å². The van der Waals surface area contributed by atoms with E-state index in [1.54, 1.807) is 0 Å². The van der Waals surface area contributed by atoms with Gasteiger partial charge in [0.2, 0.25) is 10.0 Å². The Labute approximate surface area is 124 Å². The molecule has 0 bridgehead atoms. The van der Waals surface area contributed by atoms with Crippen LogP contribution >= 0.6 is 23.2 Å². The Morgan fingerprint density at radius 3 is 2.25 bits per heavy atom. The van der Waals surface area contributed by atoms with Gasteiger partial charge in [0.05, 0.1) is 29.8 Å². The number of carbonyl (C=O) groups is 1. The highest BCUT2D eigenvalue weighted by molar-refractivity contribution is 7.89. The van der Waals surface area contributed by atoms with Crippen LogP contribution in [0, 0.1) is 0 Å². The van der Waals surface area contributed by atoms with Gasteiger partial charge in [0.25, 0.3) is 0 Å². The molecule has 0 radical (unpaired) electrons.